The lowest BCUT2D eigenvalue weighted by molar-refractivity contribution is 0.0949. The van der Waals surface area contributed by atoms with Gasteiger partial charge in [0.1, 0.15) is 0 Å². The fraction of sp³-hybridized carbons (Fsp3) is 0.182. The van der Waals surface area contributed by atoms with Crippen LogP contribution in [0.4, 0.5) is 0 Å². The van der Waals surface area contributed by atoms with E-state index in [4.69, 9.17) is 5.73 Å². The van der Waals surface area contributed by atoms with Crippen LogP contribution in [0.25, 0.3) is 0 Å². The summed E-state index contributed by atoms with van der Waals surface area (Å²) in [6.07, 6.45) is 1.22. The molecule has 6 heteroatoms. The number of aromatic nitrogens is 2. The molecule has 1 aromatic carbocycles. The summed E-state index contributed by atoms with van der Waals surface area (Å²) in [6.45, 7) is 0.707. The lowest BCUT2D eigenvalue weighted by Crippen LogP contribution is -2.23. The van der Waals surface area contributed by atoms with Gasteiger partial charge in [0, 0.05) is 12.1 Å². The normalized spacial score (nSPS) is 10.2. The van der Waals surface area contributed by atoms with Crippen molar-refractivity contribution in [2.45, 2.75) is 13.1 Å². The van der Waals surface area contributed by atoms with Crippen molar-refractivity contribution in [2.24, 2.45) is 5.73 Å². The van der Waals surface area contributed by atoms with Gasteiger partial charge in [0.05, 0.1) is 6.54 Å². The van der Waals surface area contributed by atoms with Crippen LogP contribution < -0.4 is 11.1 Å². The quantitative estimate of drug-likeness (QED) is 0.798. The van der Waals surface area contributed by atoms with Gasteiger partial charge >= 0.3 is 0 Å². The molecule has 0 saturated carbocycles. The molecule has 2 aromatic rings. The Bertz CT molecular complexity index is 479. The Morgan fingerprint density at radius 1 is 1.35 bits per heavy atom. The molecule has 0 aliphatic heterocycles. The van der Waals surface area contributed by atoms with Crippen molar-refractivity contribution in [1.82, 2.24) is 15.5 Å². The highest BCUT2D eigenvalue weighted by Gasteiger charge is 2.06. The molecule has 3 N–H and O–H groups in total. The molecule has 0 bridgehead atoms. The molecule has 0 aliphatic carbocycles. The third-order valence-electron chi connectivity index (χ3n) is 2.27. The molecule has 0 fully saturated rings. The summed E-state index contributed by atoms with van der Waals surface area (Å²) < 4.78 is 4.56. The Balaban J connectivity index is 1.95. The minimum atomic E-state index is -0.182. The molecular weight excluding hydrogens is 220 g/mol. The second-order valence-corrected chi connectivity index (χ2v) is 3.43. The van der Waals surface area contributed by atoms with Crippen LogP contribution >= 0.6 is 0 Å². The number of benzene rings is 1. The third-order valence-corrected chi connectivity index (χ3v) is 2.27. The Morgan fingerprint density at radius 2 is 2.12 bits per heavy atom. The molecular formula is C11H12N4O2. The van der Waals surface area contributed by atoms with Crippen molar-refractivity contribution in [2.75, 3.05) is 0 Å². The third kappa shape index (κ3) is 2.88. The minimum Gasteiger partial charge on any atom is -0.345 e. The predicted molar refractivity (Wildman–Crippen MR) is 59.8 cm³/mol. The van der Waals surface area contributed by atoms with Gasteiger partial charge in [-0.1, -0.05) is 17.3 Å². The molecule has 0 atom stereocenters. The zero-order valence-electron chi connectivity index (χ0n) is 9.09. The number of nitrogens with zero attached hydrogens (tertiary/aromatic N) is 2. The van der Waals surface area contributed by atoms with Gasteiger partial charge < -0.3 is 15.6 Å². The maximum Gasteiger partial charge on any atom is 0.251 e. The Labute approximate surface area is 97.8 Å². The molecule has 6 nitrogen and oxygen atoms in total. The first-order valence-electron chi connectivity index (χ1n) is 5.12. The lowest BCUT2D eigenvalue weighted by atomic mass is 10.1. The number of nitrogens with two attached hydrogens (primary N) is 1. The zero-order chi connectivity index (χ0) is 12.1. The average molecular weight is 232 g/mol. The van der Waals surface area contributed by atoms with Gasteiger partial charge in [0.15, 0.2) is 5.82 Å². The van der Waals surface area contributed by atoms with Crippen LogP contribution in [0.3, 0.4) is 0 Å². The molecule has 0 spiro atoms. The van der Waals surface area contributed by atoms with E-state index in [1.54, 1.807) is 12.1 Å². The number of nitrogens with one attached hydrogen (secondary N) is 1. The Hall–Kier alpha value is -2.21. The summed E-state index contributed by atoms with van der Waals surface area (Å²) >= 11 is 0. The van der Waals surface area contributed by atoms with Crippen LogP contribution in [-0.2, 0) is 13.1 Å². The second kappa shape index (κ2) is 5.22. The van der Waals surface area contributed by atoms with Gasteiger partial charge in [-0.3, -0.25) is 4.79 Å². The molecule has 0 radical (unpaired) electrons. The molecule has 0 aliphatic rings. The average Bonchev–Trinajstić information content (AvgIpc) is 2.89. The molecule has 2 rings (SSSR count). The molecule has 88 valence electrons. The van der Waals surface area contributed by atoms with Crippen molar-refractivity contribution in [3.05, 3.63) is 47.6 Å². The van der Waals surface area contributed by atoms with E-state index in [9.17, 15) is 4.79 Å². The molecule has 0 unspecified atom stereocenters. The summed E-state index contributed by atoms with van der Waals surface area (Å²) in [7, 11) is 0. The first-order valence-corrected chi connectivity index (χ1v) is 5.12. The molecule has 1 aromatic heterocycles. The van der Waals surface area contributed by atoms with Crippen molar-refractivity contribution < 1.29 is 9.32 Å². The van der Waals surface area contributed by atoms with Gasteiger partial charge in [-0.25, -0.2) is 0 Å². The van der Waals surface area contributed by atoms with E-state index in [-0.39, 0.29) is 12.5 Å². The van der Waals surface area contributed by atoms with E-state index in [0.717, 1.165) is 5.56 Å². The Morgan fingerprint density at radius 3 is 2.71 bits per heavy atom. The van der Waals surface area contributed by atoms with Gasteiger partial charge in [0.25, 0.3) is 5.91 Å². The summed E-state index contributed by atoms with van der Waals surface area (Å²) in [5.74, 6) is 0.260. The fourth-order valence-electron chi connectivity index (χ4n) is 1.32. The monoisotopic (exact) mass is 232 g/mol. The number of amides is 1. The fourth-order valence-corrected chi connectivity index (χ4v) is 1.32. The van der Waals surface area contributed by atoms with Gasteiger partial charge in [-0.2, -0.15) is 4.98 Å². The number of carbonyl (C=O) groups is 1. The van der Waals surface area contributed by atoms with Crippen LogP contribution in [0, 0.1) is 0 Å². The largest absolute Gasteiger partial charge is 0.345 e. The summed E-state index contributed by atoms with van der Waals surface area (Å²) in [5.41, 5.74) is 7.03. The second-order valence-electron chi connectivity index (χ2n) is 3.43. The van der Waals surface area contributed by atoms with Gasteiger partial charge in [-0.05, 0) is 17.7 Å². The number of carbonyl (C=O) groups excluding carboxylic acids is 1. The maximum atomic E-state index is 11.7. The topological polar surface area (TPSA) is 94.0 Å². The highest BCUT2D eigenvalue weighted by atomic mass is 16.5. The van der Waals surface area contributed by atoms with Crippen molar-refractivity contribution >= 4 is 5.91 Å². The van der Waals surface area contributed by atoms with Crippen LogP contribution in [0.5, 0.6) is 0 Å². The summed E-state index contributed by atoms with van der Waals surface area (Å²) in [5, 5.41) is 6.28. The van der Waals surface area contributed by atoms with E-state index in [2.05, 4.69) is 20.0 Å². The van der Waals surface area contributed by atoms with Crippen LogP contribution in [0.2, 0.25) is 0 Å². The standard InChI is InChI=1S/C11H12N4O2/c12-5-8-1-3-9(4-2-8)11(16)13-6-10-14-7-17-15-10/h1-4,7H,5-6,12H2,(H,13,16). The molecule has 17 heavy (non-hydrogen) atoms. The maximum absolute atomic E-state index is 11.7. The lowest BCUT2D eigenvalue weighted by Gasteiger charge is -2.03. The van der Waals surface area contributed by atoms with E-state index < -0.39 is 0 Å². The van der Waals surface area contributed by atoms with Crippen LogP contribution in [-0.4, -0.2) is 16.0 Å². The zero-order valence-corrected chi connectivity index (χ0v) is 9.09. The first-order chi connectivity index (χ1) is 8.29. The van der Waals surface area contributed by atoms with Crippen molar-refractivity contribution in [3.63, 3.8) is 0 Å². The van der Waals surface area contributed by atoms with Crippen molar-refractivity contribution in [1.29, 1.82) is 0 Å². The van der Waals surface area contributed by atoms with Crippen molar-refractivity contribution in [3.8, 4) is 0 Å². The van der Waals surface area contributed by atoms with Crippen LogP contribution in [0.15, 0.2) is 35.2 Å². The van der Waals surface area contributed by atoms with E-state index in [1.807, 2.05) is 12.1 Å². The van der Waals surface area contributed by atoms with E-state index >= 15 is 0 Å². The molecule has 1 amide bonds. The number of hydrogen-bond donors (Lipinski definition) is 2. The minimum absolute atomic E-state index is 0.182. The smallest absolute Gasteiger partial charge is 0.251 e. The summed E-state index contributed by atoms with van der Waals surface area (Å²) in [4.78, 5) is 15.5. The predicted octanol–water partition coefficient (Wildman–Crippen LogP) is 0.458. The van der Waals surface area contributed by atoms with E-state index in [1.165, 1.54) is 6.39 Å². The number of hydrogen-bond acceptors (Lipinski definition) is 5. The molecule has 0 saturated heterocycles. The molecule has 1 heterocycles. The van der Waals surface area contributed by atoms with Gasteiger partial charge in [-0.15, -0.1) is 0 Å². The Kier molecular flexibility index (Phi) is 3.46. The highest BCUT2D eigenvalue weighted by Crippen LogP contribution is 2.03. The highest BCUT2D eigenvalue weighted by molar-refractivity contribution is 5.94. The van der Waals surface area contributed by atoms with Crippen LogP contribution in [0.1, 0.15) is 21.7 Å². The van der Waals surface area contributed by atoms with E-state index in [0.29, 0.717) is 17.9 Å². The number of rotatable bonds is 4. The van der Waals surface area contributed by atoms with Gasteiger partial charge in [0.2, 0.25) is 6.39 Å². The first kappa shape index (κ1) is 11.3. The SMILES string of the molecule is NCc1ccc(C(=O)NCc2ncon2)cc1. The summed E-state index contributed by atoms with van der Waals surface area (Å²) in [6, 6.07) is 7.11.